The summed E-state index contributed by atoms with van der Waals surface area (Å²) in [6.45, 7) is 1.41. The van der Waals surface area contributed by atoms with Crippen molar-refractivity contribution in [3.8, 4) is 11.7 Å². The van der Waals surface area contributed by atoms with Gasteiger partial charge in [-0.1, -0.05) is 18.2 Å². The predicted octanol–water partition coefficient (Wildman–Crippen LogP) is 1.47. The number of para-hydroxylation sites is 1. The Kier molecular flexibility index (Phi) is 5.54. The van der Waals surface area contributed by atoms with Gasteiger partial charge in [-0.2, -0.15) is 5.53 Å². The number of carbonyl (C=O) groups is 1. The maximum atomic E-state index is 12.0. The lowest BCUT2D eigenvalue weighted by molar-refractivity contribution is 0.0923. The smallest absolute Gasteiger partial charge is 0.290 e. The Morgan fingerprint density at radius 1 is 1.30 bits per heavy atom. The van der Waals surface area contributed by atoms with Crippen LogP contribution in [0.4, 0.5) is 0 Å². The third-order valence-corrected chi connectivity index (χ3v) is 4.21. The number of hydrazine groups is 2. The van der Waals surface area contributed by atoms with Gasteiger partial charge in [0, 0.05) is 24.9 Å². The molecule has 4 N–H and O–H groups in total. The van der Waals surface area contributed by atoms with E-state index in [1.54, 1.807) is 23.9 Å². The van der Waals surface area contributed by atoms with Crippen LogP contribution in [0.5, 0.6) is 11.7 Å². The molecule has 1 aromatic heterocycles. The first-order valence-corrected chi connectivity index (χ1v) is 8.32. The first-order chi connectivity index (χ1) is 11.3. The highest BCUT2D eigenvalue weighted by atomic mass is 32.2. The van der Waals surface area contributed by atoms with Gasteiger partial charge in [-0.15, -0.1) is 11.8 Å². The fraction of sp³-hybridized carbons (Fsp3) is 0.267. The molecule has 122 valence electrons. The zero-order valence-electron chi connectivity index (χ0n) is 12.4. The summed E-state index contributed by atoms with van der Waals surface area (Å²) in [5.41, 5.74) is 8.86. The van der Waals surface area contributed by atoms with Gasteiger partial charge in [0.1, 0.15) is 5.75 Å². The maximum Gasteiger partial charge on any atom is 0.290 e. The van der Waals surface area contributed by atoms with Crippen LogP contribution >= 0.6 is 11.8 Å². The molecule has 1 aliphatic rings. The first kappa shape index (κ1) is 15.9. The third kappa shape index (κ3) is 4.73. The summed E-state index contributed by atoms with van der Waals surface area (Å²) >= 11 is 1.72. The monoisotopic (exact) mass is 334 g/mol. The molecule has 1 aromatic carbocycles. The molecule has 23 heavy (non-hydrogen) atoms. The lowest BCUT2D eigenvalue weighted by atomic mass is 10.3. The Labute approximate surface area is 138 Å². The van der Waals surface area contributed by atoms with Gasteiger partial charge in [0.2, 0.25) is 0 Å². The minimum Gasteiger partial charge on any atom is -0.426 e. The molecule has 0 radical (unpaired) electrons. The number of hydrogen-bond acceptors (Lipinski definition) is 7. The highest BCUT2D eigenvalue weighted by molar-refractivity contribution is 7.99. The number of rotatable bonds is 7. The van der Waals surface area contributed by atoms with Crippen molar-refractivity contribution < 1.29 is 13.9 Å². The predicted molar refractivity (Wildman–Crippen MR) is 88.1 cm³/mol. The highest BCUT2D eigenvalue weighted by Crippen LogP contribution is 2.23. The van der Waals surface area contributed by atoms with Gasteiger partial charge < -0.3 is 14.5 Å². The van der Waals surface area contributed by atoms with Gasteiger partial charge in [0.15, 0.2) is 5.76 Å². The van der Waals surface area contributed by atoms with Crippen LogP contribution in [0.15, 0.2) is 46.9 Å². The fourth-order valence-corrected chi connectivity index (χ4v) is 2.83. The Hall–Kier alpha value is -2.00. The van der Waals surface area contributed by atoms with Crippen LogP contribution in [0.25, 0.3) is 0 Å². The molecule has 0 spiro atoms. The molecule has 1 atom stereocenters. The normalized spacial score (nSPS) is 17.1. The van der Waals surface area contributed by atoms with Crippen molar-refractivity contribution >= 4 is 17.7 Å². The quantitative estimate of drug-likeness (QED) is 0.570. The summed E-state index contributed by atoms with van der Waals surface area (Å²) in [6.07, 6.45) is 0. The van der Waals surface area contributed by atoms with E-state index in [0.717, 1.165) is 12.3 Å². The molecular weight excluding hydrogens is 316 g/mol. The van der Waals surface area contributed by atoms with Crippen molar-refractivity contribution in [2.75, 3.05) is 18.8 Å². The summed E-state index contributed by atoms with van der Waals surface area (Å²) in [7, 11) is 0. The van der Waals surface area contributed by atoms with Gasteiger partial charge in [0.25, 0.3) is 11.9 Å². The molecule has 1 saturated heterocycles. The lowest BCUT2D eigenvalue weighted by Gasteiger charge is -2.08. The van der Waals surface area contributed by atoms with Crippen LogP contribution in [0.1, 0.15) is 10.6 Å². The van der Waals surface area contributed by atoms with Gasteiger partial charge >= 0.3 is 0 Å². The minimum atomic E-state index is -0.246. The molecule has 0 aliphatic carbocycles. The van der Waals surface area contributed by atoms with Crippen molar-refractivity contribution in [2.45, 2.75) is 5.37 Å². The molecule has 8 heteroatoms. The molecule has 2 aromatic rings. The highest BCUT2D eigenvalue weighted by Gasteiger charge is 2.14. The molecule has 3 rings (SSSR count). The van der Waals surface area contributed by atoms with E-state index in [0.29, 0.717) is 23.6 Å². The number of thioether (sulfide) groups is 1. The number of amides is 1. The molecule has 0 saturated carbocycles. The van der Waals surface area contributed by atoms with E-state index >= 15 is 0 Å². The lowest BCUT2D eigenvalue weighted by Crippen LogP contribution is -2.33. The third-order valence-electron chi connectivity index (χ3n) is 3.08. The Balaban J connectivity index is 1.42. The summed E-state index contributed by atoms with van der Waals surface area (Å²) in [5.74, 6) is 1.76. The van der Waals surface area contributed by atoms with Gasteiger partial charge in [-0.05, 0) is 18.2 Å². The van der Waals surface area contributed by atoms with Crippen LogP contribution < -0.4 is 26.4 Å². The van der Waals surface area contributed by atoms with E-state index in [2.05, 4.69) is 21.7 Å². The Morgan fingerprint density at radius 2 is 2.17 bits per heavy atom. The van der Waals surface area contributed by atoms with E-state index in [1.807, 2.05) is 30.3 Å². The number of furan rings is 1. The average molecular weight is 334 g/mol. The zero-order chi connectivity index (χ0) is 15.9. The summed E-state index contributed by atoms with van der Waals surface area (Å²) < 4.78 is 10.9. The maximum absolute atomic E-state index is 12.0. The molecule has 1 amide bonds. The van der Waals surface area contributed by atoms with Crippen LogP contribution in [-0.2, 0) is 0 Å². The molecule has 7 nitrogen and oxygen atoms in total. The van der Waals surface area contributed by atoms with Crippen LogP contribution in [0.2, 0.25) is 0 Å². The van der Waals surface area contributed by atoms with Gasteiger partial charge in [-0.3, -0.25) is 4.79 Å². The van der Waals surface area contributed by atoms with Crippen molar-refractivity contribution in [1.29, 1.82) is 0 Å². The van der Waals surface area contributed by atoms with E-state index in [4.69, 9.17) is 9.15 Å². The second kappa shape index (κ2) is 8.02. The second-order valence-electron chi connectivity index (χ2n) is 4.80. The van der Waals surface area contributed by atoms with Crippen LogP contribution in [0.3, 0.4) is 0 Å². The van der Waals surface area contributed by atoms with Crippen molar-refractivity contribution in [3.05, 3.63) is 48.2 Å². The largest absolute Gasteiger partial charge is 0.426 e. The van der Waals surface area contributed by atoms with E-state index in [-0.39, 0.29) is 11.7 Å². The number of carbonyl (C=O) groups excluding carboxylic acids is 1. The SMILES string of the molecule is O=C(NCCSC1CNNN1)c1ccc(Oc2ccccc2)o1. The van der Waals surface area contributed by atoms with Crippen molar-refractivity contribution in [2.24, 2.45) is 0 Å². The minimum absolute atomic E-state index is 0.239. The fourth-order valence-electron chi connectivity index (χ4n) is 1.98. The number of ether oxygens (including phenoxy) is 1. The van der Waals surface area contributed by atoms with Crippen LogP contribution in [0, 0.1) is 0 Å². The summed E-state index contributed by atoms with van der Waals surface area (Å²) in [5, 5.41) is 3.13. The average Bonchev–Trinajstić information content (AvgIpc) is 3.24. The van der Waals surface area contributed by atoms with Crippen LogP contribution in [-0.4, -0.2) is 30.1 Å². The molecule has 1 fully saturated rings. The molecule has 2 heterocycles. The molecule has 1 unspecified atom stereocenters. The standard InChI is InChI=1S/C15H18N4O3S/c20-15(16-8-9-23-13-10-17-19-18-13)12-6-7-14(22-12)21-11-4-2-1-3-5-11/h1-7,13,17-19H,8-10H2,(H,16,20). The zero-order valence-corrected chi connectivity index (χ0v) is 13.2. The van der Waals surface area contributed by atoms with Gasteiger partial charge in [0.05, 0.1) is 5.37 Å². The number of nitrogens with one attached hydrogen (secondary N) is 4. The van der Waals surface area contributed by atoms with E-state index in [9.17, 15) is 4.79 Å². The number of hydrogen-bond donors (Lipinski definition) is 4. The number of benzene rings is 1. The molecule has 1 aliphatic heterocycles. The first-order valence-electron chi connectivity index (χ1n) is 7.27. The topological polar surface area (TPSA) is 87.6 Å². The Bertz CT molecular complexity index is 629. The second-order valence-corrected chi connectivity index (χ2v) is 6.11. The van der Waals surface area contributed by atoms with Gasteiger partial charge in [-0.25, -0.2) is 10.9 Å². The van der Waals surface area contributed by atoms with E-state index < -0.39 is 0 Å². The summed E-state index contributed by atoms with van der Waals surface area (Å²) in [4.78, 5) is 12.0. The Morgan fingerprint density at radius 3 is 2.96 bits per heavy atom. The van der Waals surface area contributed by atoms with E-state index in [1.165, 1.54) is 0 Å². The van der Waals surface area contributed by atoms with Crippen molar-refractivity contribution in [1.82, 2.24) is 21.7 Å². The molecule has 0 bridgehead atoms. The summed E-state index contributed by atoms with van der Waals surface area (Å²) in [6, 6.07) is 12.5. The van der Waals surface area contributed by atoms with Crippen molar-refractivity contribution in [3.63, 3.8) is 0 Å². The molecular formula is C15H18N4O3S.